The molecule has 2 nitrogen and oxygen atoms in total. The Morgan fingerprint density at radius 2 is 1.95 bits per heavy atom. The van der Waals surface area contributed by atoms with Gasteiger partial charge in [-0.2, -0.15) is 0 Å². The van der Waals surface area contributed by atoms with Crippen LogP contribution >= 0.6 is 31.9 Å². The van der Waals surface area contributed by atoms with E-state index in [0.717, 1.165) is 15.6 Å². The maximum atomic E-state index is 13.3. The SMILES string of the molecule is NCc1cccc(Br)c1OCc1cc(F)cc(Br)c1. The Kier molecular flexibility index (Phi) is 4.96. The van der Waals surface area contributed by atoms with Crippen molar-refractivity contribution in [2.75, 3.05) is 0 Å². The van der Waals surface area contributed by atoms with E-state index in [1.807, 2.05) is 24.3 Å². The van der Waals surface area contributed by atoms with Crippen LogP contribution in [0, 0.1) is 5.82 Å². The fraction of sp³-hybridized carbons (Fsp3) is 0.143. The molecule has 0 saturated heterocycles. The summed E-state index contributed by atoms with van der Waals surface area (Å²) in [7, 11) is 0. The standard InChI is InChI=1S/C14H12Br2FNO/c15-11-4-9(5-12(17)6-11)8-19-14-10(7-18)2-1-3-13(14)16/h1-6H,7-8,18H2. The van der Waals surface area contributed by atoms with Gasteiger partial charge in [-0.25, -0.2) is 4.39 Å². The summed E-state index contributed by atoms with van der Waals surface area (Å²) in [6.45, 7) is 0.674. The quantitative estimate of drug-likeness (QED) is 0.842. The van der Waals surface area contributed by atoms with Crippen molar-refractivity contribution in [2.45, 2.75) is 13.2 Å². The molecule has 0 aliphatic carbocycles. The van der Waals surface area contributed by atoms with Gasteiger partial charge in [0.15, 0.2) is 0 Å². The first-order valence-electron chi connectivity index (χ1n) is 5.65. The molecule has 0 unspecified atom stereocenters. The topological polar surface area (TPSA) is 35.2 Å². The van der Waals surface area contributed by atoms with Crippen molar-refractivity contribution in [2.24, 2.45) is 5.73 Å². The normalized spacial score (nSPS) is 10.5. The van der Waals surface area contributed by atoms with Crippen molar-refractivity contribution in [3.8, 4) is 5.75 Å². The zero-order valence-electron chi connectivity index (χ0n) is 10.00. The first-order valence-corrected chi connectivity index (χ1v) is 7.24. The third-order valence-corrected chi connectivity index (χ3v) is 3.66. The second-order valence-electron chi connectivity index (χ2n) is 4.00. The fourth-order valence-electron chi connectivity index (χ4n) is 1.73. The van der Waals surface area contributed by atoms with Crippen molar-refractivity contribution >= 4 is 31.9 Å². The second-order valence-corrected chi connectivity index (χ2v) is 5.77. The van der Waals surface area contributed by atoms with Gasteiger partial charge in [0.25, 0.3) is 0 Å². The highest BCUT2D eigenvalue weighted by Gasteiger charge is 2.08. The third-order valence-electron chi connectivity index (χ3n) is 2.57. The Bertz CT molecular complexity index is 569. The van der Waals surface area contributed by atoms with E-state index < -0.39 is 0 Å². The predicted octanol–water partition coefficient (Wildman–Crippen LogP) is 4.39. The van der Waals surface area contributed by atoms with Gasteiger partial charge in [-0.1, -0.05) is 28.1 Å². The summed E-state index contributed by atoms with van der Waals surface area (Å²) in [6, 6.07) is 10.4. The lowest BCUT2D eigenvalue weighted by molar-refractivity contribution is 0.300. The van der Waals surface area contributed by atoms with Gasteiger partial charge in [0.2, 0.25) is 0 Å². The summed E-state index contributed by atoms with van der Waals surface area (Å²) in [5.74, 6) is 0.407. The Balaban J connectivity index is 2.18. The molecule has 0 heterocycles. The molecule has 2 N–H and O–H groups in total. The number of halogens is 3. The minimum absolute atomic E-state index is 0.284. The summed E-state index contributed by atoms with van der Waals surface area (Å²) in [5, 5.41) is 0. The first kappa shape index (κ1) is 14.5. The van der Waals surface area contributed by atoms with E-state index in [4.69, 9.17) is 10.5 Å². The lowest BCUT2D eigenvalue weighted by Gasteiger charge is -2.12. The van der Waals surface area contributed by atoms with Gasteiger partial charge in [-0.15, -0.1) is 0 Å². The summed E-state index contributed by atoms with van der Waals surface area (Å²) in [6.07, 6.45) is 0. The molecule has 0 aromatic heterocycles. The summed E-state index contributed by atoms with van der Waals surface area (Å²) in [4.78, 5) is 0. The van der Waals surface area contributed by atoms with E-state index in [9.17, 15) is 4.39 Å². The molecule has 0 fully saturated rings. The number of hydrogen-bond donors (Lipinski definition) is 1. The fourth-order valence-corrected chi connectivity index (χ4v) is 2.76. The molecule has 0 atom stereocenters. The van der Waals surface area contributed by atoms with Gasteiger partial charge in [-0.05, 0) is 45.8 Å². The van der Waals surface area contributed by atoms with Crippen molar-refractivity contribution in [3.05, 3.63) is 62.3 Å². The molecule has 0 amide bonds. The number of benzene rings is 2. The van der Waals surface area contributed by atoms with E-state index in [1.54, 1.807) is 0 Å². The molecule has 5 heteroatoms. The van der Waals surface area contributed by atoms with Crippen LogP contribution in [-0.2, 0) is 13.2 Å². The van der Waals surface area contributed by atoms with Crippen LogP contribution in [0.3, 0.4) is 0 Å². The van der Waals surface area contributed by atoms with Gasteiger partial charge in [0.1, 0.15) is 18.2 Å². The smallest absolute Gasteiger partial charge is 0.138 e. The Morgan fingerprint density at radius 1 is 1.16 bits per heavy atom. The number of hydrogen-bond acceptors (Lipinski definition) is 2. The van der Waals surface area contributed by atoms with E-state index in [-0.39, 0.29) is 12.4 Å². The van der Waals surface area contributed by atoms with Crippen LogP contribution in [0.1, 0.15) is 11.1 Å². The van der Waals surface area contributed by atoms with Crippen LogP contribution in [0.15, 0.2) is 45.3 Å². The number of para-hydroxylation sites is 1. The van der Waals surface area contributed by atoms with Gasteiger partial charge >= 0.3 is 0 Å². The number of nitrogens with two attached hydrogens (primary N) is 1. The van der Waals surface area contributed by atoms with Crippen LogP contribution in [0.4, 0.5) is 4.39 Å². The Morgan fingerprint density at radius 3 is 2.63 bits per heavy atom. The first-order chi connectivity index (χ1) is 9.10. The molecule has 100 valence electrons. The molecular weight excluding hydrogens is 377 g/mol. The van der Waals surface area contributed by atoms with E-state index >= 15 is 0 Å². The molecule has 19 heavy (non-hydrogen) atoms. The Labute approximate surface area is 128 Å². The Hall–Kier alpha value is -0.910. The molecule has 0 radical (unpaired) electrons. The zero-order chi connectivity index (χ0) is 13.8. The minimum atomic E-state index is -0.292. The van der Waals surface area contributed by atoms with E-state index in [2.05, 4.69) is 31.9 Å². The van der Waals surface area contributed by atoms with Crippen LogP contribution in [0.25, 0.3) is 0 Å². The second kappa shape index (κ2) is 6.50. The summed E-state index contributed by atoms with van der Waals surface area (Å²) >= 11 is 6.68. The summed E-state index contributed by atoms with van der Waals surface area (Å²) < 4.78 is 20.5. The van der Waals surface area contributed by atoms with Gasteiger partial charge in [0.05, 0.1) is 4.47 Å². The van der Waals surface area contributed by atoms with Crippen molar-refractivity contribution in [1.29, 1.82) is 0 Å². The average molecular weight is 389 g/mol. The molecular formula is C14H12Br2FNO. The van der Waals surface area contributed by atoms with E-state index in [1.165, 1.54) is 12.1 Å². The van der Waals surface area contributed by atoms with E-state index in [0.29, 0.717) is 16.8 Å². The van der Waals surface area contributed by atoms with Crippen LogP contribution in [0.5, 0.6) is 5.75 Å². The van der Waals surface area contributed by atoms with Crippen molar-refractivity contribution in [1.82, 2.24) is 0 Å². The number of ether oxygens (including phenoxy) is 1. The average Bonchev–Trinajstić information content (AvgIpc) is 2.36. The largest absolute Gasteiger partial charge is 0.487 e. The van der Waals surface area contributed by atoms with Gasteiger partial charge in [-0.3, -0.25) is 0 Å². The maximum Gasteiger partial charge on any atom is 0.138 e. The lowest BCUT2D eigenvalue weighted by atomic mass is 10.2. The van der Waals surface area contributed by atoms with Crippen molar-refractivity contribution < 1.29 is 9.13 Å². The van der Waals surface area contributed by atoms with Crippen LogP contribution in [0.2, 0.25) is 0 Å². The highest BCUT2D eigenvalue weighted by molar-refractivity contribution is 9.10. The number of rotatable bonds is 4. The summed E-state index contributed by atoms with van der Waals surface area (Å²) in [5.41, 5.74) is 7.33. The van der Waals surface area contributed by atoms with Gasteiger partial charge < -0.3 is 10.5 Å². The van der Waals surface area contributed by atoms with Crippen LogP contribution in [-0.4, -0.2) is 0 Å². The van der Waals surface area contributed by atoms with Crippen molar-refractivity contribution in [3.63, 3.8) is 0 Å². The molecule has 0 bridgehead atoms. The third kappa shape index (κ3) is 3.78. The highest BCUT2D eigenvalue weighted by atomic mass is 79.9. The lowest BCUT2D eigenvalue weighted by Crippen LogP contribution is -2.03. The molecule has 2 rings (SSSR count). The molecule has 0 aliphatic heterocycles. The van der Waals surface area contributed by atoms with Crippen LogP contribution < -0.4 is 10.5 Å². The van der Waals surface area contributed by atoms with Gasteiger partial charge in [0, 0.05) is 16.6 Å². The molecule has 0 saturated carbocycles. The zero-order valence-corrected chi connectivity index (χ0v) is 13.2. The highest BCUT2D eigenvalue weighted by Crippen LogP contribution is 2.29. The molecule has 2 aromatic carbocycles. The monoisotopic (exact) mass is 387 g/mol. The molecule has 0 spiro atoms. The maximum absolute atomic E-state index is 13.3. The molecule has 2 aromatic rings. The predicted molar refractivity (Wildman–Crippen MR) is 80.5 cm³/mol. The molecule has 0 aliphatic rings. The minimum Gasteiger partial charge on any atom is -0.487 e.